The Morgan fingerprint density at radius 2 is 1.69 bits per heavy atom. The van der Waals surface area contributed by atoms with Crippen molar-refractivity contribution >= 4 is 40.5 Å². The van der Waals surface area contributed by atoms with Gasteiger partial charge < -0.3 is 0 Å². The van der Waals surface area contributed by atoms with E-state index in [1.54, 1.807) is 0 Å². The van der Waals surface area contributed by atoms with Crippen molar-refractivity contribution in [3.63, 3.8) is 0 Å². The second kappa shape index (κ2) is 5.32. The number of benzene rings is 2. The second-order valence-electron chi connectivity index (χ2n) is 3.30. The molecule has 0 saturated carbocycles. The third kappa shape index (κ3) is 2.97. The van der Waals surface area contributed by atoms with Crippen molar-refractivity contribution in [2.75, 3.05) is 0 Å². The molecule has 1 nitrogen and oxygen atoms in total. The van der Waals surface area contributed by atoms with Gasteiger partial charge in [-0.25, -0.2) is 0 Å². The van der Waals surface area contributed by atoms with Crippen LogP contribution < -0.4 is 0 Å². The van der Waals surface area contributed by atoms with E-state index in [0.29, 0.717) is 0 Å². The van der Waals surface area contributed by atoms with Crippen LogP contribution >= 0.6 is 28.6 Å². The van der Waals surface area contributed by atoms with E-state index in [4.69, 9.17) is 0 Å². The number of thiol groups is 1. The lowest BCUT2D eigenvalue weighted by Crippen LogP contribution is -1.79. The van der Waals surface area contributed by atoms with Gasteiger partial charge in [0.25, 0.3) is 0 Å². The molecule has 80 valence electrons. The van der Waals surface area contributed by atoms with Crippen LogP contribution in [0.25, 0.3) is 0 Å². The third-order valence-electron chi connectivity index (χ3n) is 2.10. The molecule has 2 rings (SSSR count). The van der Waals surface area contributed by atoms with Crippen LogP contribution in [0.4, 0.5) is 5.69 Å². The van der Waals surface area contributed by atoms with E-state index < -0.39 is 0 Å². The van der Waals surface area contributed by atoms with Gasteiger partial charge in [-0.2, -0.15) is 0 Å². The molecule has 0 aliphatic heterocycles. The number of nitrogens with zero attached hydrogens (tertiary/aromatic N) is 1. The number of hydrogen-bond donors (Lipinski definition) is 1. The smallest absolute Gasteiger partial charge is 0.0763 e. The highest BCUT2D eigenvalue weighted by molar-refractivity contribution is 9.10. The number of rotatable bonds is 2. The van der Waals surface area contributed by atoms with Gasteiger partial charge in [0, 0.05) is 15.6 Å². The summed E-state index contributed by atoms with van der Waals surface area (Å²) in [5.74, 6) is 0. The summed E-state index contributed by atoms with van der Waals surface area (Å²) >= 11 is 7.74. The molecule has 2 aromatic rings. The molecule has 3 heteroatoms. The van der Waals surface area contributed by atoms with Crippen LogP contribution in [0.3, 0.4) is 0 Å². The normalized spacial score (nSPS) is 10.9. The van der Waals surface area contributed by atoms with Gasteiger partial charge in [0.1, 0.15) is 0 Å². The van der Waals surface area contributed by atoms with Crippen molar-refractivity contribution in [1.29, 1.82) is 0 Å². The summed E-state index contributed by atoms with van der Waals surface area (Å²) in [5, 5.41) is 0. The summed E-state index contributed by atoms with van der Waals surface area (Å²) in [7, 11) is 0. The summed E-state index contributed by atoms with van der Waals surface area (Å²) in [5.41, 5.74) is 1.95. The van der Waals surface area contributed by atoms with E-state index in [9.17, 15) is 0 Å². The molecule has 0 saturated heterocycles. The molecule has 0 bridgehead atoms. The van der Waals surface area contributed by atoms with E-state index in [1.165, 1.54) is 0 Å². The fourth-order valence-electron chi connectivity index (χ4n) is 1.27. The molecule has 0 aliphatic carbocycles. The maximum absolute atomic E-state index is 4.39. The van der Waals surface area contributed by atoms with Crippen LogP contribution in [0, 0.1) is 0 Å². The number of halogens is 1. The maximum atomic E-state index is 4.39. The first kappa shape index (κ1) is 11.4. The fraction of sp³-hybridized carbons (Fsp3) is 0. The van der Waals surface area contributed by atoms with E-state index >= 15 is 0 Å². The molecule has 0 fully saturated rings. The lowest BCUT2D eigenvalue weighted by molar-refractivity contribution is 1.39. The zero-order valence-corrected chi connectivity index (χ0v) is 10.9. The SMILES string of the molecule is Sc1ccccc1N=Cc1ccc(Br)cc1. The minimum Gasteiger partial charge on any atom is -0.255 e. The van der Waals surface area contributed by atoms with E-state index in [2.05, 4.69) is 33.6 Å². The Hall–Kier alpha value is -1.06. The first-order valence-electron chi connectivity index (χ1n) is 4.83. The topological polar surface area (TPSA) is 12.4 Å². The lowest BCUT2D eigenvalue weighted by Gasteiger charge is -1.97. The molecular formula is C13H10BrNS. The van der Waals surface area contributed by atoms with E-state index in [1.807, 2.05) is 54.7 Å². The summed E-state index contributed by atoms with van der Waals surface area (Å²) in [6.45, 7) is 0. The Morgan fingerprint density at radius 1 is 1.00 bits per heavy atom. The zero-order chi connectivity index (χ0) is 11.4. The number of para-hydroxylation sites is 1. The molecule has 2 aromatic carbocycles. The van der Waals surface area contributed by atoms with Crippen LogP contribution in [-0.2, 0) is 0 Å². The molecule has 0 aliphatic rings. The minimum absolute atomic E-state index is 0.883. The molecule has 0 unspecified atom stereocenters. The maximum Gasteiger partial charge on any atom is 0.0763 e. The number of aliphatic imine (C=N–C) groups is 1. The predicted molar refractivity (Wildman–Crippen MR) is 75.1 cm³/mol. The fourth-order valence-corrected chi connectivity index (χ4v) is 1.75. The van der Waals surface area contributed by atoms with Crippen LogP contribution in [0.1, 0.15) is 5.56 Å². The van der Waals surface area contributed by atoms with Gasteiger partial charge in [-0.3, -0.25) is 4.99 Å². The van der Waals surface area contributed by atoms with Crippen molar-refractivity contribution < 1.29 is 0 Å². The second-order valence-corrected chi connectivity index (χ2v) is 4.70. The van der Waals surface area contributed by atoms with Crippen LogP contribution in [0.2, 0.25) is 0 Å². The zero-order valence-electron chi connectivity index (χ0n) is 8.47. The summed E-state index contributed by atoms with van der Waals surface area (Å²) in [4.78, 5) is 5.27. The first-order valence-corrected chi connectivity index (χ1v) is 6.07. The number of hydrogen-bond acceptors (Lipinski definition) is 2. The molecule has 0 N–H and O–H groups in total. The molecule has 0 heterocycles. The van der Waals surface area contributed by atoms with Gasteiger partial charge in [-0.15, -0.1) is 12.6 Å². The Labute approximate surface area is 109 Å². The van der Waals surface area contributed by atoms with Crippen molar-refractivity contribution in [2.24, 2.45) is 4.99 Å². The van der Waals surface area contributed by atoms with E-state index in [0.717, 1.165) is 20.6 Å². The van der Waals surface area contributed by atoms with Crippen molar-refractivity contribution in [3.8, 4) is 0 Å². The van der Waals surface area contributed by atoms with Crippen LogP contribution in [0.5, 0.6) is 0 Å². The molecule has 0 atom stereocenters. The average molecular weight is 292 g/mol. The quantitative estimate of drug-likeness (QED) is 0.618. The van der Waals surface area contributed by atoms with Crippen molar-refractivity contribution in [1.82, 2.24) is 0 Å². The molecular weight excluding hydrogens is 282 g/mol. The van der Waals surface area contributed by atoms with Crippen molar-refractivity contribution in [2.45, 2.75) is 4.90 Å². The molecule has 0 spiro atoms. The minimum atomic E-state index is 0.883. The Kier molecular flexibility index (Phi) is 3.80. The highest BCUT2D eigenvalue weighted by atomic mass is 79.9. The van der Waals surface area contributed by atoms with Gasteiger partial charge in [-0.05, 0) is 29.8 Å². The first-order chi connectivity index (χ1) is 7.75. The average Bonchev–Trinajstić information content (AvgIpc) is 2.30. The standard InChI is InChI=1S/C13H10BrNS/c14-11-7-5-10(6-8-11)9-15-12-3-1-2-4-13(12)16/h1-9,16H. The van der Waals surface area contributed by atoms with Crippen LogP contribution in [0.15, 0.2) is 62.9 Å². The van der Waals surface area contributed by atoms with Gasteiger partial charge in [-0.1, -0.05) is 40.2 Å². The lowest BCUT2D eigenvalue weighted by atomic mass is 10.2. The molecule has 0 aromatic heterocycles. The van der Waals surface area contributed by atoms with Gasteiger partial charge in [0.05, 0.1) is 5.69 Å². The predicted octanol–water partition coefficient (Wildman–Crippen LogP) is 4.49. The monoisotopic (exact) mass is 291 g/mol. The largest absolute Gasteiger partial charge is 0.255 e. The van der Waals surface area contributed by atoms with Gasteiger partial charge in [0.15, 0.2) is 0 Å². The van der Waals surface area contributed by atoms with Crippen molar-refractivity contribution in [3.05, 3.63) is 58.6 Å². The van der Waals surface area contributed by atoms with Gasteiger partial charge >= 0.3 is 0 Å². The summed E-state index contributed by atoms with van der Waals surface area (Å²) < 4.78 is 1.07. The molecule has 16 heavy (non-hydrogen) atoms. The Bertz CT molecular complexity index is 506. The summed E-state index contributed by atoms with van der Waals surface area (Å²) in [6, 6.07) is 15.8. The molecule has 0 radical (unpaired) electrons. The van der Waals surface area contributed by atoms with Gasteiger partial charge in [0.2, 0.25) is 0 Å². The summed E-state index contributed by atoms with van der Waals surface area (Å²) in [6.07, 6.45) is 1.83. The Balaban J connectivity index is 2.21. The highest BCUT2D eigenvalue weighted by Gasteiger charge is 1.93. The Morgan fingerprint density at radius 3 is 2.38 bits per heavy atom. The molecule has 0 amide bonds. The van der Waals surface area contributed by atoms with E-state index in [-0.39, 0.29) is 0 Å². The van der Waals surface area contributed by atoms with Crippen LogP contribution in [-0.4, -0.2) is 6.21 Å². The highest BCUT2D eigenvalue weighted by Crippen LogP contribution is 2.21. The third-order valence-corrected chi connectivity index (χ3v) is 3.01.